The van der Waals surface area contributed by atoms with Crippen LogP contribution in [0.5, 0.6) is 5.75 Å². The molecule has 0 amide bonds. The number of benzene rings is 1. The summed E-state index contributed by atoms with van der Waals surface area (Å²) < 4.78 is 5.47. The second-order valence-corrected chi connectivity index (χ2v) is 3.05. The summed E-state index contributed by atoms with van der Waals surface area (Å²) in [6.07, 6.45) is 3.08. The Bertz CT molecular complexity index is 297. The van der Waals surface area contributed by atoms with E-state index in [1.54, 1.807) is 12.1 Å². The minimum Gasteiger partial charge on any atom is -0.494 e. The van der Waals surface area contributed by atoms with Crippen LogP contribution in [0, 0.1) is 18.3 Å². The van der Waals surface area contributed by atoms with Gasteiger partial charge in [-0.05, 0) is 30.7 Å². The SMILES string of the molecule is [CH2]CCCCOc1ccc(C#N)cc1. The fourth-order valence-electron chi connectivity index (χ4n) is 1.09. The smallest absolute Gasteiger partial charge is 0.119 e. The van der Waals surface area contributed by atoms with Crippen molar-refractivity contribution in [3.05, 3.63) is 36.8 Å². The van der Waals surface area contributed by atoms with Crippen LogP contribution in [0.3, 0.4) is 0 Å². The van der Waals surface area contributed by atoms with Crippen LogP contribution in [0.25, 0.3) is 0 Å². The minimum absolute atomic E-state index is 0.662. The quantitative estimate of drug-likeness (QED) is 0.665. The molecular weight excluding hydrogens is 174 g/mol. The van der Waals surface area contributed by atoms with Gasteiger partial charge in [0.1, 0.15) is 5.75 Å². The summed E-state index contributed by atoms with van der Waals surface area (Å²) in [4.78, 5) is 0. The van der Waals surface area contributed by atoms with Crippen LogP contribution in [0.1, 0.15) is 24.8 Å². The molecule has 1 aromatic carbocycles. The summed E-state index contributed by atoms with van der Waals surface area (Å²) in [6, 6.07) is 9.23. The topological polar surface area (TPSA) is 33.0 Å². The molecule has 2 heteroatoms. The van der Waals surface area contributed by atoms with Crippen molar-refractivity contribution in [2.24, 2.45) is 0 Å². The van der Waals surface area contributed by atoms with Gasteiger partial charge in [0.05, 0.1) is 18.2 Å². The highest BCUT2D eigenvalue weighted by Gasteiger charge is 1.93. The molecule has 14 heavy (non-hydrogen) atoms. The van der Waals surface area contributed by atoms with E-state index in [9.17, 15) is 0 Å². The molecule has 0 aliphatic rings. The Labute approximate surface area is 85.1 Å². The summed E-state index contributed by atoms with van der Waals surface area (Å²) >= 11 is 0. The maximum absolute atomic E-state index is 8.58. The number of unbranched alkanes of at least 4 members (excludes halogenated alkanes) is 2. The minimum atomic E-state index is 0.662. The van der Waals surface area contributed by atoms with Crippen LogP contribution in [-0.2, 0) is 0 Å². The first-order chi connectivity index (χ1) is 6.86. The zero-order valence-corrected chi connectivity index (χ0v) is 8.20. The van der Waals surface area contributed by atoms with Crippen molar-refractivity contribution in [3.63, 3.8) is 0 Å². The highest BCUT2D eigenvalue weighted by Crippen LogP contribution is 2.11. The van der Waals surface area contributed by atoms with Gasteiger partial charge in [0.2, 0.25) is 0 Å². The third kappa shape index (κ3) is 3.49. The second-order valence-electron chi connectivity index (χ2n) is 3.05. The van der Waals surface area contributed by atoms with Crippen molar-refractivity contribution >= 4 is 0 Å². The van der Waals surface area contributed by atoms with E-state index >= 15 is 0 Å². The number of hydrogen-bond acceptors (Lipinski definition) is 2. The van der Waals surface area contributed by atoms with Gasteiger partial charge in [-0.1, -0.05) is 19.8 Å². The molecule has 0 bridgehead atoms. The molecule has 0 spiro atoms. The van der Waals surface area contributed by atoms with E-state index in [0.29, 0.717) is 5.56 Å². The molecule has 0 unspecified atom stereocenters. The molecule has 1 aromatic rings. The van der Waals surface area contributed by atoms with Crippen LogP contribution in [0.4, 0.5) is 0 Å². The van der Waals surface area contributed by atoms with E-state index in [4.69, 9.17) is 10.00 Å². The van der Waals surface area contributed by atoms with Crippen molar-refractivity contribution in [1.82, 2.24) is 0 Å². The molecule has 2 nitrogen and oxygen atoms in total. The van der Waals surface area contributed by atoms with E-state index in [2.05, 4.69) is 13.0 Å². The standard InChI is InChI=1S/C12H14NO/c1-2-3-4-9-14-12-7-5-11(10-13)6-8-12/h5-8H,1-4,9H2. The Balaban J connectivity index is 2.33. The van der Waals surface area contributed by atoms with Crippen LogP contribution in [0.2, 0.25) is 0 Å². The van der Waals surface area contributed by atoms with Crippen molar-refractivity contribution < 1.29 is 4.74 Å². The maximum atomic E-state index is 8.58. The zero-order valence-electron chi connectivity index (χ0n) is 8.20. The molecule has 0 aliphatic carbocycles. The molecule has 0 aliphatic heterocycles. The average molecular weight is 188 g/mol. The monoisotopic (exact) mass is 188 g/mol. The van der Waals surface area contributed by atoms with Gasteiger partial charge in [0.15, 0.2) is 0 Å². The molecule has 0 atom stereocenters. The molecule has 0 N–H and O–H groups in total. The van der Waals surface area contributed by atoms with Crippen LogP contribution in [-0.4, -0.2) is 6.61 Å². The third-order valence-corrected chi connectivity index (χ3v) is 1.90. The zero-order chi connectivity index (χ0) is 10.2. The molecule has 0 fully saturated rings. The highest BCUT2D eigenvalue weighted by molar-refractivity contribution is 5.34. The van der Waals surface area contributed by atoms with Gasteiger partial charge < -0.3 is 4.74 Å². The maximum Gasteiger partial charge on any atom is 0.119 e. The lowest BCUT2D eigenvalue weighted by Crippen LogP contribution is -1.96. The lowest BCUT2D eigenvalue weighted by Gasteiger charge is -2.04. The molecular formula is C12H14NO. The fraction of sp³-hybridized carbons (Fsp3) is 0.333. The third-order valence-electron chi connectivity index (χ3n) is 1.90. The van der Waals surface area contributed by atoms with Gasteiger partial charge in [-0.15, -0.1) is 0 Å². The molecule has 1 rings (SSSR count). The fourth-order valence-corrected chi connectivity index (χ4v) is 1.09. The molecule has 1 radical (unpaired) electrons. The lowest BCUT2D eigenvalue weighted by molar-refractivity contribution is 0.307. The average Bonchev–Trinajstić information content (AvgIpc) is 2.25. The Kier molecular flexibility index (Phi) is 4.57. The van der Waals surface area contributed by atoms with Crippen LogP contribution in [0.15, 0.2) is 24.3 Å². The Hall–Kier alpha value is -1.49. The number of nitriles is 1. The van der Waals surface area contributed by atoms with Gasteiger partial charge in [-0.25, -0.2) is 0 Å². The van der Waals surface area contributed by atoms with Crippen LogP contribution < -0.4 is 4.74 Å². The summed E-state index contributed by atoms with van der Waals surface area (Å²) in [5, 5.41) is 8.58. The van der Waals surface area contributed by atoms with E-state index in [1.807, 2.05) is 12.1 Å². The summed E-state index contributed by atoms with van der Waals surface area (Å²) in [7, 11) is 0. The molecule has 0 heterocycles. The highest BCUT2D eigenvalue weighted by atomic mass is 16.5. The van der Waals surface area contributed by atoms with Gasteiger partial charge in [-0.3, -0.25) is 0 Å². The van der Waals surface area contributed by atoms with E-state index in [0.717, 1.165) is 31.6 Å². The van der Waals surface area contributed by atoms with E-state index in [-0.39, 0.29) is 0 Å². The summed E-state index contributed by atoms with van der Waals surface area (Å²) in [6.45, 7) is 4.48. The van der Waals surface area contributed by atoms with Gasteiger partial charge in [-0.2, -0.15) is 5.26 Å². The number of nitrogens with zero attached hydrogens (tertiary/aromatic N) is 1. The van der Waals surface area contributed by atoms with Gasteiger partial charge in [0, 0.05) is 0 Å². The second kappa shape index (κ2) is 6.04. The van der Waals surface area contributed by atoms with Crippen molar-refractivity contribution in [3.8, 4) is 11.8 Å². The predicted molar refractivity (Wildman–Crippen MR) is 55.9 cm³/mol. The first kappa shape index (κ1) is 10.6. The normalized spacial score (nSPS) is 9.43. The summed E-state index contributed by atoms with van der Waals surface area (Å²) in [5.74, 6) is 0.827. The van der Waals surface area contributed by atoms with E-state index < -0.39 is 0 Å². The predicted octanol–water partition coefficient (Wildman–Crippen LogP) is 2.94. The van der Waals surface area contributed by atoms with Crippen molar-refractivity contribution in [2.75, 3.05) is 6.61 Å². The molecule has 73 valence electrons. The largest absolute Gasteiger partial charge is 0.494 e. The summed E-state index contributed by atoms with van der Waals surface area (Å²) in [5.41, 5.74) is 0.662. The van der Waals surface area contributed by atoms with Gasteiger partial charge in [0.25, 0.3) is 0 Å². The Morgan fingerprint density at radius 2 is 1.93 bits per heavy atom. The van der Waals surface area contributed by atoms with Gasteiger partial charge >= 0.3 is 0 Å². The molecule has 0 saturated heterocycles. The number of rotatable bonds is 5. The first-order valence-electron chi connectivity index (χ1n) is 4.79. The lowest BCUT2D eigenvalue weighted by atomic mass is 10.2. The Morgan fingerprint density at radius 3 is 2.50 bits per heavy atom. The molecule has 0 aromatic heterocycles. The number of hydrogen-bond donors (Lipinski definition) is 0. The molecule has 0 saturated carbocycles. The van der Waals surface area contributed by atoms with Crippen molar-refractivity contribution in [1.29, 1.82) is 5.26 Å². The number of ether oxygens (including phenoxy) is 1. The van der Waals surface area contributed by atoms with E-state index in [1.165, 1.54) is 0 Å². The Morgan fingerprint density at radius 1 is 1.21 bits per heavy atom. The van der Waals surface area contributed by atoms with Crippen molar-refractivity contribution in [2.45, 2.75) is 19.3 Å². The van der Waals surface area contributed by atoms with Crippen LogP contribution >= 0.6 is 0 Å². The first-order valence-corrected chi connectivity index (χ1v) is 4.79.